The maximum absolute atomic E-state index is 12.6. The number of benzene rings is 2. The molecule has 1 aromatic heterocycles. The van der Waals surface area contributed by atoms with Crippen molar-refractivity contribution in [2.24, 2.45) is 0 Å². The molecule has 2 aromatic carbocycles. The van der Waals surface area contributed by atoms with Gasteiger partial charge in [0, 0.05) is 36.2 Å². The van der Waals surface area contributed by atoms with E-state index in [0.717, 1.165) is 24.3 Å². The second kappa shape index (κ2) is 9.73. The zero-order chi connectivity index (χ0) is 20.6. The second-order valence-electron chi connectivity index (χ2n) is 6.88. The van der Waals surface area contributed by atoms with Gasteiger partial charge >= 0.3 is 0 Å². The lowest BCUT2D eigenvalue weighted by Gasteiger charge is -2.21. The Kier molecular flexibility index (Phi) is 6.85. The molecule has 5 nitrogen and oxygen atoms in total. The third kappa shape index (κ3) is 5.35. The summed E-state index contributed by atoms with van der Waals surface area (Å²) in [5.74, 6) is 0.518. The monoisotopic (exact) mass is 388 g/mol. The molecule has 0 saturated carbocycles. The van der Waals surface area contributed by atoms with Crippen molar-refractivity contribution < 1.29 is 4.79 Å². The molecule has 0 aliphatic rings. The van der Waals surface area contributed by atoms with Crippen LogP contribution in [0.3, 0.4) is 0 Å². The SMILES string of the molecule is CCN(CC)c1ccc(Nc2cc(C(=O)NC(C)c3ccccc3)ccn2)cc1. The molecule has 1 unspecified atom stereocenters. The highest BCUT2D eigenvalue weighted by atomic mass is 16.1. The maximum Gasteiger partial charge on any atom is 0.251 e. The Morgan fingerprint density at radius 2 is 1.69 bits per heavy atom. The number of hydrogen-bond acceptors (Lipinski definition) is 4. The fourth-order valence-corrected chi connectivity index (χ4v) is 3.24. The average Bonchev–Trinajstić information content (AvgIpc) is 2.76. The van der Waals surface area contributed by atoms with Crippen molar-refractivity contribution in [1.29, 1.82) is 0 Å². The van der Waals surface area contributed by atoms with E-state index in [1.165, 1.54) is 5.69 Å². The number of anilines is 3. The van der Waals surface area contributed by atoms with Gasteiger partial charge in [0.05, 0.1) is 6.04 Å². The van der Waals surface area contributed by atoms with Gasteiger partial charge in [0.25, 0.3) is 5.91 Å². The minimum Gasteiger partial charge on any atom is -0.372 e. The molecule has 1 amide bonds. The first-order valence-corrected chi connectivity index (χ1v) is 10.0. The maximum atomic E-state index is 12.6. The summed E-state index contributed by atoms with van der Waals surface area (Å²) in [6.45, 7) is 8.22. The predicted octanol–water partition coefficient (Wildman–Crippen LogP) is 5.16. The van der Waals surface area contributed by atoms with Crippen molar-refractivity contribution in [3.63, 3.8) is 0 Å². The van der Waals surface area contributed by atoms with E-state index < -0.39 is 0 Å². The molecule has 1 atom stereocenters. The van der Waals surface area contributed by atoms with Gasteiger partial charge in [-0.05, 0) is 62.7 Å². The first-order chi connectivity index (χ1) is 14.1. The van der Waals surface area contributed by atoms with Crippen LogP contribution in [0.4, 0.5) is 17.2 Å². The highest BCUT2D eigenvalue weighted by Gasteiger charge is 2.12. The Morgan fingerprint density at radius 1 is 1.00 bits per heavy atom. The standard InChI is InChI=1S/C24H28N4O/c1-4-28(5-2)22-13-11-21(12-14-22)27-23-17-20(15-16-25-23)24(29)26-18(3)19-9-7-6-8-10-19/h6-18H,4-5H2,1-3H3,(H,25,27)(H,26,29). The number of rotatable bonds is 8. The minimum atomic E-state index is -0.122. The van der Waals surface area contributed by atoms with E-state index in [2.05, 4.69) is 46.5 Å². The van der Waals surface area contributed by atoms with Crippen LogP contribution in [0.2, 0.25) is 0 Å². The van der Waals surface area contributed by atoms with E-state index in [0.29, 0.717) is 11.4 Å². The molecular weight excluding hydrogens is 360 g/mol. The summed E-state index contributed by atoms with van der Waals surface area (Å²) in [4.78, 5) is 19.3. The molecule has 1 heterocycles. The first-order valence-electron chi connectivity index (χ1n) is 10.0. The van der Waals surface area contributed by atoms with Crippen molar-refractivity contribution in [2.45, 2.75) is 26.8 Å². The Labute approximate surface area is 172 Å². The average molecular weight is 389 g/mol. The smallest absolute Gasteiger partial charge is 0.251 e. The largest absolute Gasteiger partial charge is 0.372 e. The van der Waals surface area contributed by atoms with Gasteiger partial charge in [0.2, 0.25) is 0 Å². The Balaban J connectivity index is 1.67. The van der Waals surface area contributed by atoms with Gasteiger partial charge < -0.3 is 15.5 Å². The summed E-state index contributed by atoms with van der Waals surface area (Å²) in [7, 11) is 0. The number of nitrogens with one attached hydrogen (secondary N) is 2. The lowest BCUT2D eigenvalue weighted by atomic mass is 10.1. The molecule has 0 bridgehead atoms. The van der Waals surface area contributed by atoms with Crippen LogP contribution >= 0.6 is 0 Å². The minimum absolute atomic E-state index is 0.0686. The van der Waals surface area contributed by atoms with Crippen LogP contribution in [-0.2, 0) is 0 Å². The van der Waals surface area contributed by atoms with E-state index in [1.54, 1.807) is 18.3 Å². The first kappa shape index (κ1) is 20.4. The van der Waals surface area contributed by atoms with Gasteiger partial charge in [-0.3, -0.25) is 4.79 Å². The van der Waals surface area contributed by atoms with Crippen LogP contribution in [0.1, 0.15) is 42.7 Å². The quantitative estimate of drug-likeness (QED) is 0.559. The summed E-state index contributed by atoms with van der Waals surface area (Å²) in [6, 6.07) is 21.6. The van der Waals surface area contributed by atoms with Gasteiger partial charge in [0.15, 0.2) is 0 Å². The molecule has 3 aromatic rings. The van der Waals surface area contributed by atoms with Gasteiger partial charge in [-0.15, -0.1) is 0 Å². The zero-order valence-corrected chi connectivity index (χ0v) is 17.2. The highest BCUT2D eigenvalue weighted by molar-refractivity contribution is 5.95. The normalized spacial score (nSPS) is 11.6. The number of pyridine rings is 1. The van der Waals surface area contributed by atoms with E-state index in [9.17, 15) is 4.79 Å². The Hall–Kier alpha value is -3.34. The number of nitrogens with zero attached hydrogens (tertiary/aromatic N) is 2. The van der Waals surface area contributed by atoms with E-state index in [1.807, 2.05) is 49.4 Å². The van der Waals surface area contributed by atoms with Crippen LogP contribution in [-0.4, -0.2) is 24.0 Å². The second-order valence-corrected chi connectivity index (χ2v) is 6.88. The predicted molar refractivity (Wildman–Crippen MR) is 120 cm³/mol. The van der Waals surface area contributed by atoms with E-state index in [4.69, 9.17) is 0 Å². The summed E-state index contributed by atoms with van der Waals surface area (Å²) in [5.41, 5.74) is 3.77. The van der Waals surface area contributed by atoms with Crippen molar-refractivity contribution in [2.75, 3.05) is 23.3 Å². The summed E-state index contributed by atoms with van der Waals surface area (Å²) < 4.78 is 0. The summed E-state index contributed by atoms with van der Waals surface area (Å²) in [6.07, 6.45) is 1.65. The molecule has 0 radical (unpaired) electrons. The van der Waals surface area contributed by atoms with E-state index in [-0.39, 0.29) is 11.9 Å². The van der Waals surface area contributed by atoms with Gasteiger partial charge in [0.1, 0.15) is 5.82 Å². The number of aromatic nitrogens is 1. The van der Waals surface area contributed by atoms with Gasteiger partial charge in [-0.25, -0.2) is 4.98 Å². The lowest BCUT2D eigenvalue weighted by molar-refractivity contribution is 0.0940. The van der Waals surface area contributed by atoms with Crippen LogP contribution in [0.25, 0.3) is 0 Å². The fraction of sp³-hybridized carbons (Fsp3) is 0.250. The molecule has 3 rings (SSSR count). The molecule has 0 aliphatic carbocycles. The molecule has 0 aliphatic heterocycles. The highest BCUT2D eigenvalue weighted by Crippen LogP contribution is 2.21. The van der Waals surface area contributed by atoms with Gasteiger partial charge in [-0.2, -0.15) is 0 Å². The number of hydrogen-bond donors (Lipinski definition) is 2. The van der Waals surface area contributed by atoms with Crippen LogP contribution in [0, 0.1) is 0 Å². The zero-order valence-electron chi connectivity index (χ0n) is 17.2. The Morgan fingerprint density at radius 3 is 2.34 bits per heavy atom. The molecule has 0 spiro atoms. The molecule has 29 heavy (non-hydrogen) atoms. The molecule has 150 valence electrons. The number of amides is 1. The molecule has 0 saturated heterocycles. The lowest BCUT2D eigenvalue weighted by Crippen LogP contribution is -2.26. The third-order valence-corrected chi connectivity index (χ3v) is 4.94. The molecule has 5 heteroatoms. The molecular formula is C24H28N4O. The molecule has 2 N–H and O–H groups in total. The van der Waals surface area contributed by atoms with Crippen LogP contribution in [0.5, 0.6) is 0 Å². The van der Waals surface area contributed by atoms with Crippen LogP contribution < -0.4 is 15.5 Å². The van der Waals surface area contributed by atoms with Crippen molar-refractivity contribution in [3.05, 3.63) is 84.1 Å². The topological polar surface area (TPSA) is 57.3 Å². The van der Waals surface area contributed by atoms with Gasteiger partial charge in [-0.1, -0.05) is 30.3 Å². The number of carbonyl (C=O) groups is 1. The van der Waals surface area contributed by atoms with Crippen LogP contribution in [0.15, 0.2) is 72.9 Å². The summed E-state index contributed by atoms with van der Waals surface area (Å²) >= 11 is 0. The van der Waals surface area contributed by atoms with E-state index >= 15 is 0 Å². The fourth-order valence-electron chi connectivity index (χ4n) is 3.24. The van der Waals surface area contributed by atoms with Crippen molar-refractivity contribution >= 4 is 23.1 Å². The number of carbonyl (C=O) groups excluding carboxylic acids is 1. The third-order valence-electron chi connectivity index (χ3n) is 4.94. The van der Waals surface area contributed by atoms with Crippen molar-refractivity contribution in [1.82, 2.24) is 10.3 Å². The Bertz CT molecular complexity index is 921. The van der Waals surface area contributed by atoms with Crippen molar-refractivity contribution in [3.8, 4) is 0 Å². The summed E-state index contributed by atoms with van der Waals surface area (Å²) in [5, 5.41) is 6.31. The molecule has 0 fully saturated rings.